The van der Waals surface area contributed by atoms with Crippen LogP contribution in [0.3, 0.4) is 0 Å². The molecule has 3 fully saturated rings. The molecule has 0 spiro atoms. The third-order valence-corrected chi connectivity index (χ3v) is 4.94. The molecule has 1 aliphatic heterocycles. The van der Waals surface area contributed by atoms with Gasteiger partial charge in [-0.05, 0) is 58.3 Å². The molecule has 2 saturated carbocycles. The first-order valence-corrected chi connectivity index (χ1v) is 7.65. The van der Waals surface area contributed by atoms with Crippen molar-refractivity contribution < 1.29 is 4.74 Å². The Morgan fingerprint density at radius 3 is 2.44 bits per heavy atom. The van der Waals surface area contributed by atoms with Gasteiger partial charge in [-0.15, -0.1) is 0 Å². The molecular weight excluding hydrogens is 224 g/mol. The molecule has 104 valence electrons. The van der Waals surface area contributed by atoms with Crippen LogP contribution in [0.2, 0.25) is 0 Å². The maximum absolute atomic E-state index is 6.22. The summed E-state index contributed by atoms with van der Waals surface area (Å²) in [6, 6.07) is 0.822. The minimum atomic E-state index is -0.00564. The van der Waals surface area contributed by atoms with Gasteiger partial charge in [0.25, 0.3) is 0 Å². The van der Waals surface area contributed by atoms with E-state index in [4.69, 9.17) is 10.5 Å². The van der Waals surface area contributed by atoms with E-state index in [0.717, 1.165) is 38.0 Å². The Morgan fingerprint density at radius 2 is 1.94 bits per heavy atom. The van der Waals surface area contributed by atoms with Crippen molar-refractivity contribution >= 4 is 0 Å². The van der Waals surface area contributed by atoms with E-state index in [-0.39, 0.29) is 11.1 Å². The van der Waals surface area contributed by atoms with Crippen molar-refractivity contribution in [2.75, 3.05) is 19.7 Å². The monoisotopic (exact) mass is 252 g/mol. The van der Waals surface area contributed by atoms with E-state index in [0.29, 0.717) is 0 Å². The minimum absolute atomic E-state index is 0.00564. The maximum Gasteiger partial charge on any atom is 0.0644 e. The number of nitrogens with two attached hydrogens (primary N) is 1. The van der Waals surface area contributed by atoms with E-state index in [9.17, 15) is 0 Å². The smallest absolute Gasteiger partial charge is 0.0644 e. The molecule has 0 aromatic carbocycles. The average molecular weight is 252 g/mol. The van der Waals surface area contributed by atoms with Gasteiger partial charge in [-0.25, -0.2) is 0 Å². The Morgan fingerprint density at radius 1 is 1.22 bits per heavy atom. The van der Waals surface area contributed by atoms with Gasteiger partial charge < -0.3 is 10.5 Å². The van der Waals surface area contributed by atoms with Crippen LogP contribution in [0.4, 0.5) is 0 Å². The molecule has 0 amide bonds. The van der Waals surface area contributed by atoms with Gasteiger partial charge in [-0.3, -0.25) is 4.90 Å². The third-order valence-electron chi connectivity index (χ3n) is 4.94. The van der Waals surface area contributed by atoms with Crippen LogP contribution >= 0.6 is 0 Å². The van der Waals surface area contributed by atoms with Gasteiger partial charge in [0, 0.05) is 31.3 Å². The molecule has 3 rings (SSSR count). The number of ether oxygens (including phenoxy) is 1. The third kappa shape index (κ3) is 2.59. The quantitative estimate of drug-likeness (QED) is 0.815. The molecule has 18 heavy (non-hydrogen) atoms. The summed E-state index contributed by atoms with van der Waals surface area (Å²) in [5.74, 6) is 0.958. The van der Waals surface area contributed by atoms with Crippen molar-refractivity contribution in [3.05, 3.63) is 0 Å². The van der Waals surface area contributed by atoms with Gasteiger partial charge in [0.15, 0.2) is 0 Å². The highest BCUT2D eigenvalue weighted by Gasteiger charge is 2.49. The van der Waals surface area contributed by atoms with Crippen molar-refractivity contribution in [1.82, 2.24) is 4.90 Å². The first kappa shape index (κ1) is 12.9. The lowest BCUT2D eigenvalue weighted by Crippen LogP contribution is -2.61. The number of nitrogens with zero attached hydrogens (tertiary/aromatic N) is 1. The summed E-state index contributed by atoms with van der Waals surface area (Å²) in [6.45, 7) is 7.40. The Labute approximate surface area is 111 Å². The second kappa shape index (κ2) is 4.46. The molecule has 1 heterocycles. The van der Waals surface area contributed by atoms with Gasteiger partial charge in [0.1, 0.15) is 0 Å². The fourth-order valence-electron chi connectivity index (χ4n) is 3.68. The lowest BCUT2D eigenvalue weighted by atomic mass is 9.79. The minimum Gasteiger partial charge on any atom is -0.375 e. The van der Waals surface area contributed by atoms with Gasteiger partial charge in [0.05, 0.1) is 5.60 Å². The summed E-state index contributed by atoms with van der Waals surface area (Å²) >= 11 is 0. The highest BCUT2D eigenvalue weighted by Crippen LogP contribution is 2.44. The Kier molecular flexibility index (Phi) is 3.20. The predicted molar refractivity (Wildman–Crippen MR) is 73.5 cm³/mol. The fraction of sp³-hybridized carbons (Fsp3) is 1.00. The Hall–Kier alpha value is -0.120. The van der Waals surface area contributed by atoms with Gasteiger partial charge in [-0.2, -0.15) is 0 Å². The second-order valence-electron chi connectivity index (χ2n) is 7.29. The zero-order valence-corrected chi connectivity index (χ0v) is 12.0. The van der Waals surface area contributed by atoms with Crippen LogP contribution in [0.5, 0.6) is 0 Å². The van der Waals surface area contributed by atoms with Crippen LogP contribution in [0.25, 0.3) is 0 Å². The van der Waals surface area contributed by atoms with Crippen LogP contribution in [0.1, 0.15) is 52.4 Å². The fourth-order valence-corrected chi connectivity index (χ4v) is 3.68. The molecule has 0 aromatic rings. The number of hydrogen-bond acceptors (Lipinski definition) is 3. The van der Waals surface area contributed by atoms with Crippen LogP contribution in [0.15, 0.2) is 0 Å². The normalized spacial score (nSPS) is 36.0. The largest absolute Gasteiger partial charge is 0.375 e. The Bertz CT molecular complexity index is 310. The lowest BCUT2D eigenvalue weighted by Gasteiger charge is -2.51. The molecule has 3 nitrogen and oxygen atoms in total. The van der Waals surface area contributed by atoms with Crippen molar-refractivity contribution in [3.8, 4) is 0 Å². The molecule has 1 unspecified atom stereocenters. The zero-order chi connectivity index (χ0) is 12.8. The molecule has 1 atom stereocenters. The van der Waals surface area contributed by atoms with Crippen molar-refractivity contribution in [2.24, 2.45) is 11.7 Å². The number of hydrogen-bond donors (Lipinski definition) is 1. The van der Waals surface area contributed by atoms with E-state index >= 15 is 0 Å². The van der Waals surface area contributed by atoms with E-state index in [2.05, 4.69) is 18.7 Å². The highest BCUT2D eigenvalue weighted by molar-refractivity contribution is 5.05. The van der Waals surface area contributed by atoms with Crippen molar-refractivity contribution in [1.29, 1.82) is 0 Å². The summed E-state index contributed by atoms with van der Waals surface area (Å²) in [6.07, 6.45) is 7.86. The lowest BCUT2D eigenvalue weighted by molar-refractivity contribution is -0.121. The van der Waals surface area contributed by atoms with E-state index < -0.39 is 0 Å². The SMILES string of the molecule is CC1(C)CC(CN)(N(CC2CC2)C2CC2)CCO1. The van der Waals surface area contributed by atoms with Crippen LogP contribution < -0.4 is 5.73 Å². The van der Waals surface area contributed by atoms with E-state index in [1.807, 2.05) is 0 Å². The molecule has 2 aliphatic carbocycles. The molecule has 3 heteroatoms. The Balaban J connectivity index is 1.78. The summed E-state index contributed by atoms with van der Waals surface area (Å²) in [4.78, 5) is 2.79. The van der Waals surface area contributed by atoms with E-state index in [1.54, 1.807) is 0 Å². The summed E-state index contributed by atoms with van der Waals surface area (Å²) in [7, 11) is 0. The van der Waals surface area contributed by atoms with Gasteiger partial charge in [-0.1, -0.05) is 0 Å². The molecular formula is C15H28N2O. The van der Waals surface area contributed by atoms with Crippen molar-refractivity contribution in [3.63, 3.8) is 0 Å². The molecule has 2 N–H and O–H groups in total. The first-order chi connectivity index (χ1) is 8.55. The first-order valence-electron chi connectivity index (χ1n) is 7.65. The molecule has 0 radical (unpaired) electrons. The molecule has 1 saturated heterocycles. The zero-order valence-electron chi connectivity index (χ0n) is 12.0. The number of rotatable bonds is 5. The highest BCUT2D eigenvalue weighted by atomic mass is 16.5. The second-order valence-corrected chi connectivity index (χ2v) is 7.29. The molecule has 0 aromatic heterocycles. The van der Waals surface area contributed by atoms with Crippen molar-refractivity contribution in [2.45, 2.75) is 69.6 Å². The van der Waals surface area contributed by atoms with E-state index in [1.165, 1.54) is 32.2 Å². The van der Waals surface area contributed by atoms with Crippen LogP contribution in [-0.2, 0) is 4.74 Å². The summed E-state index contributed by atoms with van der Waals surface area (Å²) in [5.41, 5.74) is 6.43. The maximum atomic E-state index is 6.22. The molecule has 0 bridgehead atoms. The van der Waals surface area contributed by atoms with Crippen LogP contribution in [0, 0.1) is 5.92 Å². The molecule has 3 aliphatic rings. The summed E-state index contributed by atoms with van der Waals surface area (Å²) in [5, 5.41) is 0. The predicted octanol–water partition coefficient (Wildman–Crippen LogP) is 2.15. The van der Waals surface area contributed by atoms with Gasteiger partial charge in [0.2, 0.25) is 0 Å². The average Bonchev–Trinajstić information content (AvgIpc) is 3.15. The van der Waals surface area contributed by atoms with Crippen LogP contribution in [-0.4, -0.2) is 41.8 Å². The topological polar surface area (TPSA) is 38.5 Å². The van der Waals surface area contributed by atoms with Gasteiger partial charge >= 0.3 is 0 Å². The standard InChI is InChI=1S/C15H28N2O/c1-14(2)10-15(11-16,7-8-18-14)17(13-5-6-13)9-12-3-4-12/h12-13H,3-11,16H2,1-2H3. The summed E-state index contributed by atoms with van der Waals surface area (Å²) < 4.78 is 5.91.